The van der Waals surface area contributed by atoms with Gasteiger partial charge in [0.1, 0.15) is 6.04 Å². The van der Waals surface area contributed by atoms with Crippen molar-refractivity contribution in [2.75, 3.05) is 39.4 Å². The number of morpholine rings is 1. The Kier molecular flexibility index (Phi) is 6.93. The Labute approximate surface area is 173 Å². The Morgan fingerprint density at radius 2 is 1.55 bits per heavy atom. The molecule has 1 amide bonds. The van der Waals surface area contributed by atoms with Crippen molar-refractivity contribution < 1.29 is 9.53 Å². The topological polar surface area (TPSA) is 44.8 Å². The fraction of sp³-hybridized carbons (Fsp3) is 0.458. The number of ether oxygens (including phenoxy) is 1. The molecule has 2 aromatic rings. The van der Waals surface area contributed by atoms with Gasteiger partial charge in [-0.2, -0.15) is 0 Å². The van der Waals surface area contributed by atoms with Gasteiger partial charge < -0.3 is 9.64 Å². The highest BCUT2D eigenvalue weighted by Crippen LogP contribution is 2.21. The van der Waals surface area contributed by atoms with Gasteiger partial charge in [-0.15, -0.1) is 0 Å². The van der Waals surface area contributed by atoms with Gasteiger partial charge in [0.25, 0.3) is 0 Å². The number of rotatable bonds is 7. The molecule has 0 spiro atoms. The molecule has 0 saturated carbocycles. The first-order chi connectivity index (χ1) is 14.3. The quantitative estimate of drug-likeness (QED) is 0.786. The fourth-order valence-electron chi connectivity index (χ4n) is 4.21. The van der Waals surface area contributed by atoms with Crippen LogP contribution >= 0.6 is 0 Å². The van der Waals surface area contributed by atoms with Crippen LogP contribution in [0.4, 0.5) is 0 Å². The van der Waals surface area contributed by atoms with Gasteiger partial charge >= 0.3 is 0 Å². The molecule has 2 aliphatic rings. The summed E-state index contributed by atoms with van der Waals surface area (Å²) in [4.78, 5) is 17.7. The minimum Gasteiger partial charge on any atom is -0.379 e. The van der Waals surface area contributed by atoms with E-state index >= 15 is 0 Å². The summed E-state index contributed by atoms with van der Waals surface area (Å²) in [7, 11) is 0. The van der Waals surface area contributed by atoms with Crippen molar-refractivity contribution in [1.82, 2.24) is 15.1 Å². The Morgan fingerprint density at radius 1 is 0.897 bits per heavy atom. The fourth-order valence-corrected chi connectivity index (χ4v) is 4.21. The zero-order valence-corrected chi connectivity index (χ0v) is 17.1. The number of carbonyl (C=O) groups is 1. The number of nitrogens with zero attached hydrogens (tertiary/aromatic N) is 2. The summed E-state index contributed by atoms with van der Waals surface area (Å²) < 4.78 is 5.47. The first-order valence-corrected chi connectivity index (χ1v) is 10.8. The van der Waals surface area contributed by atoms with Gasteiger partial charge in [-0.25, -0.2) is 0 Å². The van der Waals surface area contributed by atoms with Crippen molar-refractivity contribution in [2.24, 2.45) is 0 Å². The number of carbonyl (C=O) groups excluding carboxylic acids is 1. The summed E-state index contributed by atoms with van der Waals surface area (Å²) in [5.41, 5.74) is 3.62. The van der Waals surface area contributed by atoms with E-state index in [1.54, 1.807) is 0 Å². The van der Waals surface area contributed by atoms with Crippen LogP contribution in [-0.4, -0.2) is 55.1 Å². The van der Waals surface area contributed by atoms with Crippen molar-refractivity contribution in [1.29, 1.82) is 0 Å². The number of hydrogen-bond acceptors (Lipinski definition) is 4. The van der Waals surface area contributed by atoms with Gasteiger partial charge in [-0.05, 0) is 29.5 Å². The largest absolute Gasteiger partial charge is 0.379 e. The van der Waals surface area contributed by atoms with E-state index in [9.17, 15) is 4.79 Å². The second-order valence-electron chi connectivity index (χ2n) is 7.91. The molecule has 29 heavy (non-hydrogen) atoms. The molecule has 2 heterocycles. The third-order valence-electron chi connectivity index (χ3n) is 5.91. The highest BCUT2D eigenvalue weighted by Gasteiger charge is 2.27. The van der Waals surface area contributed by atoms with Gasteiger partial charge in [0, 0.05) is 39.3 Å². The average molecular weight is 394 g/mol. The maximum atomic E-state index is 13.2. The smallest absolute Gasteiger partial charge is 0.244 e. The molecule has 2 aromatic carbocycles. The lowest BCUT2D eigenvalue weighted by Gasteiger charge is -2.28. The Balaban J connectivity index is 1.48. The van der Waals surface area contributed by atoms with Crippen LogP contribution in [0.5, 0.6) is 0 Å². The summed E-state index contributed by atoms with van der Waals surface area (Å²) in [6.45, 7) is 6.91. The minimum atomic E-state index is -0.300. The van der Waals surface area contributed by atoms with Crippen molar-refractivity contribution in [3.8, 4) is 0 Å². The molecule has 5 nitrogen and oxygen atoms in total. The molecule has 2 fully saturated rings. The minimum absolute atomic E-state index is 0.194. The molecule has 1 N–H and O–H groups in total. The van der Waals surface area contributed by atoms with Crippen LogP contribution in [0.25, 0.3) is 0 Å². The van der Waals surface area contributed by atoms with E-state index in [0.717, 1.165) is 64.3 Å². The summed E-state index contributed by atoms with van der Waals surface area (Å²) in [5, 5.41) is 3.57. The van der Waals surface area contributed by atoms with Gasteiger partial charge in [0.15, 0.2) is 0 Å². The second-order valence-corrected chi connectivity index (χ2v) is 7.91. The molecule has 1 unspecified atom stereocenters. The van der Waals surface area contributed by atoms with E-state index in [2.05, 4.69) is 34.5 Å². The third-order valence-corrected chi connectivity index (χ3v) is 5.91. The average Bonchev–Trinajstić information content (AvgIpc) is 3.31. The number of nitrogens with one attached hydrogen (secondary N) is 1. The number of likely N-dealkylation sites (tertiary alicyclic amines) is 1. The molecule has 0 radical (unpaired) electrons. The normalized spacial score (nSPS) is 18.7. The number of benzene rings is 2. The van der Waals surface area contributed by atoms with Crippen molar-refractivity contribution in [3.63, 3.8) is 0 Å². The van der Waals surface area contributed by atoms with Crippen LogP contribution in [0, 0.1) is 0 Å². The summed E-state index contributed by atoms with van der Waals surface area (Å²) in [6, 6.07) is 18.4. The third kappa shape index (κ3) is 5.24. The lowest BCUT2D eigenvalue weighted by molar-refractivity contribution is -0.132. The number of amides is 1. The Bertz CT molecular complexity index is 784. The van der Waals surface area contributed by atoms with Crippen LogP contribution in [0.1, 0.15) is 35.6 Å². The molecule has 0 aromatic heterocycles. The summed E-state index contributed by atoms with van der Waals surface area (Å²) in [5.74, 6) is 0.194. The van der Waals surface area contributed by atoms with Crippen LogP contribution in [-0.2, 0) is 22.6 Å². The van der Waals surface area contributed by atoms with Gasteiger partial charge in [-0.1, -0.05) is 54.6 Å². The second kappa shape index (κ2) is 10.0. The van der Waals surface area contributed by atoms with Crippen molar-refractivity contribution in [3.05, 3.63) is 71.3 Å². The summed E-state index contributed by atoms with van der Waals surface area (Å²) in [6.07, 6.45) is 2.21. The maximum absolute atomic E-state index is 13.2. The van der Waals surface area contributed by atoms with Gasteiger partial charge in [0.05, 0.1) is 13.2 Å². The van der Waals surface area contributed by atoms with Gasteiger partial charge in [0.2, 0.25) is 5.91 Å². The molecule has 0 aliphatic carbocycles. The maximum Gasteiger partial charge on any atom is 0.244 e. The van der Waals surface area contributed by atoms with Crippen LogP contribution < -0.4 is 5.32 Å². The standard InChI is InChI=1S/C24H31N3O2/c28-24(27-12-6-7-13-27)23(20-8-2-1-3-9-20)25-18-21-10-4-5-11-22(21)19-26-14-16-29-17-15-26/h1-5,8-11,23,25H,6-7,12-19H2. The van der Waals surface area contributed by atoms with Crippen LogP contribution in [0.2, 0.25) is 0 Å². The molecule has 2 saturated heterocycles. The van der Waals surface area contributed by atoms with E-state index < -0.39 is 0 Å². The monoisotopic (exact) mass is 393 g/mol. The number of hydrogen-bond donors (Lipinski definition) is 1. The molecule has 2 aliphatic heterocycles. The first-order valence-electron chi connectivity index (χ1n) is 10.8. The zero-order valence-electron chi connectivity index (χ0n) is 17.1. The lowest BCUT2D eigenvalue weighted by Crippen LogP contribution is -2.39. The van der Waals surface area contributed by atoms with Crippen molar-refractivity contribution in [2.45, 2.75) is 32.0 Å². The van der Waals surface area contributed by atoms with E-state index in [1.165, 1.54) is 11.1 Å². The van der Waals surface area contributed by atoms with Crippen LogP contribution in [0.3, 0.4) is 0 Å². The highest BCUT2D eigenvalue weighted by atomic mass is 16.5. The SMILES string of the molecule is O=C(C(NCc1ccccc1CN1CCOCC1)c1ccccc1)N1CCCC1. The Morgan fingerprint density at radius 3 is 2.28 bits per heavy atom. The summed E-state index contributed by atoms with van der Waals surface area (Å²) >= 11 is 0. The molecule has 0 bridgehead atoms. The predicted octanol–water partition coefficient (Wildman–Crippen LogP) is 2.97. The van der Waals surface area contributed by atoms with Crippen LogP contribution in [0.15, 0.2) is 54.6 Å². The van der Waals surface area contributed by atoms with Gasteiger partial charge in [-0.3, -0.25) is 15.0 Å². The molecular formula is C24H31N3O2. The van der Waals surface area contributed by atoms with Crippen molar-refractivity contribution >= 4 is 5.91 Å². The van der Waals surface area contributed by atoms with E-state index in [1.807, 2.05) is 35.2 Å². The predicted molar refractivity (Wildman–Crippen MR) is 114 cm³/mol. The first kappa shape index (κ1) is 20.1. The molecule has 5 heteroatoms. The molecule has 1 atom stereocenters. The van der Waals surface area contributed by atoms with E-state index in [4.69, 9.17) is 4.74 Å². The highest BCUT2D eigenvalue weighted by molar-refractivity contribution is 5.83. The molecule has 154 valence electrons. The van der Waals surface area contributed by atoms with E-state index in [-0.39, 0.29) is 11.9 Å². The zero-order chi connectivity index (χ0) is 19.9. The van der Waals surface area contributed by atoms with E-state index in [0.29, 0.717) is 6.54 Å². The molecule has 4 rings (SSSR count). The Hall–Kier alpha value is -2.21. The molecular weight excluding hydrogens is 362 g/mol. The lowest BCUT2D eigenvalue weighted by atomic mass is 10.0.